The van der Waals surface area contributed by atoms with E-state index in [1.807, 2.05) is 17.0 Å². The first-order valence-electron chi connectivity index (χ1n) is 9.20. The Morgan fingerprint density at radius 3 is 2.24 bits per heavy atom. The second-order valence-corrected chi connectivity index (χ2v) is 6.54. The minimum atomic E-state index is -0.377. The number of rotatable bonds is 6. The Kier molecular flexibility index (Phi) is 6.33. The smallest absolute Gasteiger partial charge is 0.292 e. The number of carbonyl (C=O) groups excluding carboxylic acids is 1. The van der Waals surface area contributed by atoms with Gasteiger partial charge in [-0.15, -0.1) is 0 Å². The number of nitro groups is 1. The molecule has 1 fully saturated rings. The Bertz CT molecular complexity index is 898. The standard InChI is InChI=1S/C21H23N3O5/c1-28-17-13-16(14-18(15-17)29-2)7-8-21(25)23-11-9-22(10-12-23)19-5-3-4-6-20(19)24(26)27/h3-8,13-15H,9-12H2,1-2H3/b8-7+. The van der Waals surface area contributed by atoms with Gasteiger partial charge in [0.05, 0.1) is 19.1 Å². The number of methoxy groups -OCH3 is 2. The van der Waals surface area contributed by atoms with Crippen LogP contribution in [0.1, 0.15) is 5.56 Å². The van der Waals surface area contributed by atoms with E-state index in [1.165, 1.54) is 12.1 Å². The van der Waals surface area contributed by atoms with Gasteiger partial charge >= 0.3 is 0 Å². The molecular formula is C21H23N3O5. The number of amides is 1. The lowest BCUT2D eigenvalue weighted by molar-refractivity contribution is -0.384. The molecule has 1 saturated heterocycles. The number of anilines is 1. The van der Waals surface area contributed by atoms with Gasteiger partial charge in [0.25, 0.3) is 5.69 Å². The highest BCUT2D eigenvalue weighted by Gasteiger charge is 2.24. The molecule has 152 valence electrons. The first-order valence-corrected chi connectivity index (χ1v) is 9.20. The topological polar surface area (TPSA) is 85.2 Å². The van der Waals surface area contributed by atoms with Gasteiger partial charge in [-0.25, -0.2) is 0 Å². The second-order valence-electron chi connectivity index (χ2n) is 6.54. The van der Waals surface area contributed by atoms with Gasteiger partial charge in [0.1, 0.15) is 17.2 Å². The van der Waals surface area contributed by atoms with Crippen LogP contribution in [-0.2, 0) is 4.79 Å². The number of hydrogen-bond donors (Lipinski definition) is 0. The number of ether oxygens (including phenoxy) is 2. The number of nitrogens with zero attached hydrogens (tertiary/aromatic N) is 3. The van der Waals surface area contributed by atoms with Gasteiger partial charge in [-0.1, -0.05) is 12.1 Å². The van der Waals surface area contributed by atoms with Gasteiger partial charge in [0, 0.05) is 44.4 Å². The van der Waals surface area contributed by atoms with Crippen molar-refractivity contribution < 1.29 is 19.2 Å². The predicted molar refractivity (Wildman–Crippen MR) is 110 cm³/mol. The van der Waals surface area contributed by atoms with E-state index < -0.39 is 0 Å². The van der Waals surface area contributed by atoms with Crippen molar-refractivity contribution in [2.24, 2.45) is 0 Å². The third-order valence-electron chi connectivity index (χ3n) is 4.80. The molecule has 2 aromatic rings. The second kappa shape index (κ2) is 9.09. The number of benzene rings is 2. The Labute approximate surface area is 169 Å². The minimum Gasteiger partial charge on any atom is -0.497 e. The van der Waals surface area contributed by atoms with Gasteiger partial charge in [0.15, 0.2) is 0 Å². The molecule has 2 aromatic carbocycles. The molecule has 1 amide bonds. The lowest BCUT2D eigenvalue weighted by atomic mass is 10.1. The summed E-state index contributed by atoms with van der Waals surface area (Å²) in [7, 11) is 3.15. The maximum atomic E-state index is 12.5. The van der Waals surface area contributed by atoms with Crippen molar-refractivity contribution in [3.63, 3.8) is 0 Å². The van der Waals surface area contributed by atoms with Crippen molar-refractivity contribution in [3.05, 3.63) is 64.2 Å². The molecule has 3 rings (SSSR count). The molecule has 8 nitrogen and oxygen atoms in total. The van der Waals surface area contributed by atoms with Crippen LogP contribution in [-0.4, -0.2) is 56.1 Å². The molecule has 0 radical (unpaired) electrons. The Hall–Kier alpha value is -3.55. The van der Waals surface area contributed by atoms with Crippen LogP contribution in [0.3, 0.4) is 0 Å². The molecule has 1 aliphatic heterocycles. The summed E-state index contributed by atoms with van der Waals surface area (Å²) in [6, 6.07) is 12.1. The summed E-state index contributed by atoms with van der Waals surface area (Å²) in [6.45, 7) is 2.07. The van der Waals surface area contributed by atoms with Crippen molar-refractivity contribution in [3.8, 4) is 11.5 Å². The maximum absolute atomic E-state index is 12.5. The molecular weight excluding hydrogens is 374 g/mol. The van der Waals surface area contributed by atoms with Crippen LogP contribution in [0, 0.1) is 10.1 Å². The fourth-order valence-electron chi connectivity index (χ4n) is 3.25. The monoisotopic (exact) mass is 397 g/mol. The highest BCUT2D eigenvalue weighted by Crippen LogP contribution is 2.28. The molecule has 0 aromatic heterocycles. The first-order chi connectivity index (χ1) is 14.0. The van der Waals surface area contributed by atoms with Crippen molar-refractivity contribution in [2.75, 3.05) is 45.3 Å². The van der Waals surface area contributed by atoms with E-state index in [0.29, 0.717) is 43.4 Å². The SMILES string of the molecule is COc1cc(/C=C/C(=O)N2CCN(c3ccccc3[N+](=O)[O-])CC2)cc(OC)c1. The number of hydrogen-bond acceptors (Lipinski definition) is 6. The van der Waals surface area contributed by atoms with Crippen molar-refractivity contribution in [1.29, 1.82) is 0 Å². The van der Waals surface area contributed by atoms with E-state index >= 15 is 0 Å². The van der Waals surface area contributed by atoms with Gasteiger partial charge in [-0.05, 0) is 29.8 Å². The molecule has 0 aliphatic carbocycles. The first kappa shape index (κ1) is 20.2. The molecule has 1 heterocycles. The molecule has 8 heteroatoms. The zero-order valence-corrected chi connectivity index (χ0v) is 16.4. The Balaban J connectivity index is 1.64. The van der Waals surface area contributed by atoms with Crippen LogP contribution in [0.15, 0.2) is 48.5 Å². The normalized spacial score (nSPS) is 14.1. The zero-order chi connectivity index (χ0) is 20.8. The summed E-state index contributed by atoms with van der Waals surface area (Å²) < 4.78 is 10.5. The lowest BCUT2D eigenvalue weighted by Gasteiger charge is -2.35. The predicted octanol–water partition coefficient (Wildman–Crippen LogP) is 2.97. The number of para-hydroxylation sites is 2. The van der Waals surface area contributed by atoms with Gasteiger partial charge in [-0.2, -0.15) is 0 Å². The molecule has 0 unspecified atom stereocenters. The van der Waals surface area contributed by atoms with Crippen molar-refractivity contribution >= 4 is 23.4 Å². The average Bonchev–Trinajstić information content (AvgIpc) is 2.77. The molecule has 29 heavy (non-hydrogen) atoms. The van der Waals surface area contributed by atoms with Crippen LogP contribution in [0.2, 0.25) is 0 Å². The summed E-state index contributed by atoms with van der Waals surface area (Å²) in [5, 5.41) is 11.2. The molecule has 0 bridgehead atoms. The van der Waals surface area contributed by atoms with E-state index in [0.717, 1.165) is 5.56 Å². The van der Waals surface area contributed by atoms with Crippen LogP contribution < -0.4 is 14.4 Å². The number of nitro benzene ring substituents is 1. The highest BCUT2D eigenvalue weighted by molar-refractivity contribution is 5.92. The fourth-order valence-corrected chi connectivity index (χ4v) is 3.25. The quantitative estimate of drug-likeness (QED) is 0.423. The van der Waals surface area contributed by atoms with Crippen molar-refractivity contribution in [1.82, 2.24) is 4.90 Å². The molecule has 1 aliphatic rings. The summed E-state index contributed by atoms with van der Waals surface area (Å²) in [5.41, 5.74) is 1.47. The van der Waals surface area contributed by atoms with Crippen LogP contribution in [0.5, 0.6) is 11.5 Å². The molecule has 0 N–H and O–H groups in total. The van der Waals surface area contributed by atoms with E-state index in [2.05, 4.69) is 0 Å². The third-order valence-corrected chi connectivity index (χ3v) is 4.80. The summed E-state index contributed by atoms with van der Waals surface area (Å²) in [5.74, 6) is 1.19. The highest BCUT2D eigenvalue weighted by atomic mass is 16.6. The number of piperazine rings is 1. The summed E-state index contributed by atoms with van der Waals surface area (Å²) in [4.78, 5) is 27.1. The fraction of sp³-hybridized carbons (Fsp3) is 0.286. The maximum Gasteiger partial charge on any atom is 0.292 e. The molecule has 0 atom stereocenters. The Morgan fingerprint density at radius 2 is 1.66 bits per heavy atom. The zero-order valence-electron chi connectivity index (χ0n) is 16.4. The largest absolute Gasteiger partial charge is 0.497 e. The van der Waals surface area contributed by atoms with Gasteiger partial charge in [0.2, 0.25) is 5.91 Å². The Morgan fingerprint density at radius 1 is 1.03 bits per heavy atom. The lowest BCUT2D eigenvalue weighted by Crippen LogP contribution is -2.48. The van der Waals surface area contributed by atoms with E-state index in [-0.39, 0.29) is 16.5 Å². The van der Waals surface area contributed by atoms with E-state index in [9.17, 15) is 14.9 Å². The van der Waals surface area contributed by atoms with E-state index in [1.54, 1.807) is 49.5 Å². The molecule has 0 spiro atoms. The van der Waals surface area contributed by atoms with Gasteiger partial charge < -0.3 is 19.3 Å². The minimum absolute atomic E-state index is 0.0825. The third kappa shape index (κ3) is 4.84. The summed E-state index contributed by atoms with van der Waals surface area (Å²) >= 11 is 0. The average molecular weight is 397 g/mol. The van der Waals surface area contributed by atoms with Crippen LogP contribution in [0.25, 0.3) is 6.08 Å². The van der Waals surface area contributed by atoms with E-state index in [4.69, 9.17) is 9.47 Å². The van der Waals surface area contributed by atoms with Crippen LogP contribution >= 0.6 is 0 Å². The van der Waals surface area contributed by atoms with Crippen molar-refractivity contribution in [2.45, 2.75) is 0 Å². The number of carbonyl (C=O) groups is 1. The molecule has 0 saturated carbocycles. The summed E-state index contributed by atoms with van der Waals surface area (Å²) in [6.07, 6.45) is 3.25. The van der Waals surface area contributed by atoms with Crippen LogP contribution in [0.4, 0.5) is 11.4 Å². The van der Waals surface area contributed by atoms with Gasteiger partial charge in [-0.3, -0.25) is 14.9 Å².